The van der Waals surface area contributed by atoms with Crippen LogP contribution in [0.2, 0.25) is 0 Å². The first-order chi connectivity index (χ1) is 51.0. The summed E-state index contributed by atoms with van der Waals surface area (Å²) < 4.78 is 14.5. The molecular formula is C104H104N2O2. The van der Waals surface area contributed by atoms with Gasteiger partial charge in [0.05, 0.1) is 11.4 Å². The van der Waals surface area contributed by atoms with E-state index >= 15 is 0 Å². The number of rotatable bonds is 11. The third-order valence-electron chi connectivity index (χ3n) is 26.2. The zero-order valence-corrected chi connectivity index (χ0v) is 67.7. The Morgan fingerprint density at radius 3 is 1.33 bits per heavy atom. The van der Waals surface area contributed by atoms with E-state index in [1.54, 1.807) is 0 Å². The third kappa shape index (κ3) is 10.3. The summed E-state index contributed by atoms with van der Waals surface area (Å²) in [4.78, 5) is 5.02. The van der Waals surface area contributed by atoms with Gasteiger partial charge in [0.2, 0.25) is 0 Å². The van der Waals surface area contributed by atoms with E-state index in [0.717, 1.165) is 68.3 Å². The van der Waals surface area contributed by atoms with Crippen molar-refractivity contribution in [1.29, 1.82) is 0 Å². The topological polar surface area (TPSA) is 32.8 Å². The number of fused-ring (bicyclic) bond motifs is 18. The standard InChI is InChI=1S/C104H104N2O2/c1-58(2)63-47-79(59(3)4)95-81-49-66(99(10,11)12)52-91(97(81)108-93(95)48-63)106(69-34-39-74-71-26-23-24-28-82(71)101(15,16)86(74)55-69)70-35-41-76-73-38-32-65(51-85(73)104(21,22)88(76)56-70)100(13,14)57-62-30-43-83-80(46-62)77-42-36-68(54-89(77)102(83,17)18)105(90-29-25-27-78-94-61(6)44-60(5)45-92(94)107-96(78)90)67-33-40-75-72-37-31-64(98(7,8)9)50-84(72)103(19,20)87(75)53-67/h23-56,58-59H,57H2,1-22H3. The van der Waals surface area contributed by atoms with Crippen molar-refractivity contribution >= 4 is 78.0 Å². The Hall–Kier alpha value is -10.2. The minimum atomic E-state index is -0.311. The van der Waals surface area contributed by atoms with Crippen molar-refractivity contribution in [2.75, 3.05) is 9.80 Å². The van der Waals surface area contributed by atoms with Gasteiger partial charge in [0.1, 0.15) is 11.2 Å². The quantitative estimate of drug-likeness (QED) is 0.129. The molecule has 108 heavy (non-hydrogen) atoms. The van der Waals surface area contributed by atoms with Gasteiger partial charge in [-0.2, -0.15) is 0 Å². The van der Waals surface area contributed by atoms with Crippen molar-refractivity contribution in [3.63, 3.8) is 0 Å². The molecule has 0 amide bonds. The number of furan rings is 2. The smallest absolute Gasteiger partial charge is 0.159 e. The zero-order chi connectivity index (χ0) is 75.9. The lowest BCUT2D eigenvalue weighted by molar-refractivity contribution is 0.520. The lowest BCUT2D eigenvalue weighted by Gasteiger charge is -2.31. The van der Waals surface area contributed by atoms with Crippen molar-refractivity contribution in [1.82, 2.24) is 0 Å². The van der Waals surface area contributed by atoms with E-state index in [4.69, 9.17) is 8.83 Å². The van der Waals surface area contributed by atoms with Crippen LogP contribution >= 0.6 is 0 Å². The first-order valence-corrected chi connectivity index (χ1v) is 39.7. The van der Waals surface area contributed by atoms with Crippen LogP contribution in [-0.4, -0.2) is 0 Å². The molecule has 4 heteroatoms. The molecule has 12 aromatic carbocycles. The predicted molar refractivity (Wildman–Crippen MR) is 459 cm³/mol. The maximum atomic E-state index is 7.41. The highest BCUT2D eigenvalue weighted by Crippen LogP contribution is 2.59. The monoisotopic (exact) mass is 1410 g/mol. The van der Waals surface area contributed by atoms with Gasteiger partial charge in [-0.25, -0.2) is 0 Å². The highest BCUT2D eigenvalue weighted by Gasteiger charge is 2.43. The van der Waals surface area contributed by atoms with Gasteiger partial charge in [-0.15, -0.1) is 0 Å². The van der Waals surface area contributed by atoms with Gasteiger partial charge >= 0.3 is 0 Å². The highest BCUT2D eigenvalue weighted by atomic mass is 16.3. The molecule has 4 aliphatic rings. The fraction of sp³-hybridized carbons (Fsp3) is 0.308. The summed E-state index contributed by atoms with van der Waals surface area (Å²) in [5, 5.41) is 4.72. The fourth-order valence-electron chi connectivity index (χ4n) is 19.9. The summed E-state index contributed by atoms with van der Waals surface area (Å²) in [6.07, 6.45) is 0.883. The lowest BCUT2D eigenvalue weighted by atomic mass is 9.75. The van der Waals surface area contributed by atoms with E-state index in [-0.39, 0.29) is 37.9 Å². The number of hydrogen-bond donors (Lipinski definition) is 0. The molecule has 14 aromatic rings. The second kappa shape index (κ2) is 23.4. The van der Waals surface area contributed by atoms with Crippen LogP contribution < -0.4 is 9.80 Å². The Morgan fingerprint density at radius 2 is 0.796 bits per heavy atom. The molecule has 0 N–H and O–H groups in total. The van der Waals surface area contributed by atoms with Crippen LogP contribution in [-0.2, 0) is 44.3 Å². The van der Waals surface area contributed by atoms with Crippen LogP contribution in [0.4, 0.5) is 34.1 Å². The fourth-order valence-corrected chi connectivity index (χ4v) is 19.9. The van der Waals surface area contributed by atoms with E-state index in [2.05, 4.69) is 368 Å². The molecular weight excluding hydrogens is 1310 g/mol. The van der Waals surface area contributed by atoms with Crippen molar-refractivity contribution < 1.29 is 8.83 Å². The Morgan fingerprint density at radius 1 is 0.343 bits per heavy atom. The first-order valence-electron chi connectivity index (χ1n) is 39.7. The van der Waals surface area contributed by atoms with E-state index in [1.807, 2.05) is 0 Å². The average Bonchev–Trinajstić information content (AvgIpc) is 1.56. The second-order valence-electron chi connectivity index (χ2n) is 38.1. The van der Waals surface area contributed by atoms with E-state index in [0.29, 0.717) is 11.8 Å². The van der Waals surface area contributed by atoms with Gasteiger partial charge in [-0.3, -0.25) is 0 Å². The number of aryl methyl sites for hydroxylation is 2. The zero-order valence-electron chi connectivity index (χ0n) is 67.7. The van der Waals surface area contributed by atoms with Crippen LogP contribution in [0, 0.1) is 13.8 Å². The number of hydrogen-bond acceptors (Lipinski definition) is 4. The molecule has 0 atom stereocenters. The predicted octanol–water partition coefficient (Wildman–Crippen LogP) is 29.6. The molecule has 0 saturated heterocycles. The van der Waals surface area contributed by atoms with E-state index < -0.39 is 0 Å². The third-order valence-corrected chi connectivity index (χ3v) is 26.2. The second-order valence-corrected chi connectivity index (χ2v) is 38.1. The van der Waals surface area contributed by atoms with Gasteiger partial charge < -0.3 is 18.6 Å². The summed E-state index contributed by atoms with van der Waals surface area (Å²) >= 11 is 0. The molecule has 0 aliphatic heterocycles. The Kier molecular flexibility index (Phi) is 15.1. The Bertz CT molecular complexity index is 6190. The van der Waals surface area contributed by atoms with E-state index in [9.17, 15) is 0 Å². The van der Waals surface area contributed by atoms with Crippen molar-refractivity contribution in [3.05, 3.63) is 295 Å². The van der Waals surface area contributed by atoms with Gasteiger partial charge in [0, 0.05) is 66.0 Å². The van der Waals surface area contributed by atoms with E-state index in [1.165, 1.54) is 150 Å². The molecule has 2 aromatic heterocycles. The molecule has 542 valence electrons. The average molecular weight is 1410 g/mol. The summed E-state index contributed by atoms with van der Waals surface area (Å²) in [5.41, 5.74) is 40.8. The van der Waals surface area contributed by atoms with Crippen LogP contribution in [0.5, 0.6) is 0 Å². The molecule has 2 heterocycles. The number of para-hydroxylation sites is 1. The highest BCUT2D eigenvalue weighted by molar-refractivity contribution is 6.14. The number of benzene rings is 12. The molecule has 0 saturated carbocycles. The molecule has 4 aliphatic carbocycles. The molecule has 18 rings (SSSR count). The van der Waals surface area contributed by atoms with Gasteiger partial charge in [-0.1, -0.05) is 266 Å². The summed E-state index contributed by atoms with van der Waals surface area (Å²) in [6, 6.07) is 80.8. The van der Waals surface area contributed by atoms with Gasteiger partial charge in [-0.05, 0) is 261 Å². The van der Waals surface area contributed by atoms with Gasteiger partial charge in [0.15, 0.2) is 11.2 Å². The number of nitrogens with zero attached hydrogens (tertiary/aromatic N) is 2. The normalized spacial score (nSPS) is 15.4. The number of anilines is 6. The van der Waals surface area contributed by atoms with Crippen LogP contribution in [0.1, 0.15) is 239 Å². The van der Waals surface area contributed by atoms with Crippen molar-refractivity contribution in [2.24, 2.45) is 0 Å². The largest absolute Gasteiger partial charge is 0.454 e. The molecule has 0 fully saturated rings. The Balaban J connectivity index is 0.706. The van der Waals surface area contributed by atoms with Crippen molar-refractivity contribution in [3.8, 4) is 44.5 Å². The molecule has 0 unspecified atom stereocenters. The molecule has 4 nitrogen and oxygen atoms in total. The SMILES string of the molecule is Cc1cc(C)c2c(c1)oc1c(N(c3ccc4c(c3)C(C)(C)c3ccc(CC(C)(C)c5ccc6c(c5)C(C)(C)c5cc(N(c7ccc8c(c7)C(C)(C)c7ccccc7-8)c7cc(C(C)(C)C)cc8c7oc7cc(C(C)C)cc(C(C)C)c78)ccc5-6)cc3-4)c3ccc4c(c3)C(C)(C)c3cc(C(C)(C)C)ccc3-4)cccc12. The maximum Gasteiger partial charge on any atom is 0.159 e. The summed E-state index contributed by atoms with van der Waals surface area (Å²) in [7, 11) is 0. The summed E-state index contributed by atoms with van der Waals surface area (Å²) in [5.74, 6) is 0.667. The maximum absolute atomic E-state index is 7.41. The Labute approximate surface area is 640 Å². The minimum Gasteiger partial charge on any atom is -0.454 e. The molecule has 0 bridgehead atoms. The molecule has 0 radical (unpaired) electrons. The van der Waals surface area contributed by atoms with Crippen LogP contribution in [0.3, 0.4) is 0 Å². The van der Waals surface area contributed by atoms with Crippen LogP contribution in [0.15, 0.2) is 215 Å². The van der Waals surface area contributed by atoms with Gasteiger partial charge in [0.25, 0.3) is 0 Å². The molecule has 0 spiro atoms. The lowest BCUT2D eigenvalue weighted by Crippen LogP contribution is -2.22. The first kappa shape index (κ1) is 69.6. The minimum absolute atomic E-state index is 0.0416. The van der Waals surface area contributed by atoms with Crippen molar-refractivity contribution in [2.45, 2.75) is 208 Å². The summed E-state index contributed by atoms with van der Waals surface area (Å²) in [6.45, 7) is 51.9. The van der Waals surface area contributed by atoms with Crippen LogP contribution in [0.25, 0.3) is 88.4 Å².